The van der Waals surface area contributed by atoms with Crippen molar-refractivity contribution in [3.8, 4) is 0 Å². The third kappa shape index (κ3) is 3.36. The summed E-state index contributed by atoms with van der Waals surface area (Å²) >= 11 is 10.7. The van der Waals surface area contributed by atoms with Gasteiger partial charge in [0, 0.05) is 11.6 Å². The molecular weight excluding hydrogens is 248 g/mol. The SMILES string of the molecule is CCNC(=S)Nc1ccc(Cl)cc1C(=O)O. The lowest BCUT2D eigenvalue weighted by atomic mass is 10.2. The Bertz CT molecular complexity index is 423. The van der Waals surface area contributed by atoms with Crippen LogP contribution < -0.4 is 10.6 Å². The van der Waals surface area contributed by atoms with E-state index in [0.717, 1.165) is 0 Å². The first kappa shape index (κ1) is 12.7. The molecule has 0 aliphatic carbocycles. The second kappa shape index (κ2) is 5.67. The number of carbonyl (C=O) groups is 1. The van der Waals surface area contributed by atoms with Gasteiger partial charge in [0.25, 0.3) is 0 Å². The summed E-state index contributed by atoms with van der Waals surface area (Å²) in [6, 6.07) is 4.56. The molecule has 1 aromatic carbocycles. The largest absolute Gasteiger partial charge is 0.478 e. The van der Waals surface area contributed by atoms with E-state index in [4.69, 9.17) is 28.9 Å². The van der Waals surface area contributed by atoms with E-state index < -0.39 is 5.97 Å². The number of anilines is 1. The summed E-state index contributed by atoms with van der Waals surface area (Å²) in [6.45, 7) is 2.57. The average molecular weight is 259 g/mol. The highest BCUT2D eigenvalue weighted by Crippen LogP contribution is 2.20. The second-order valence-electron chi connectivity index (χ2n) is 2.98. The maximum atomic E-state index is 11.0. The molecule has 1 rings (SSSR count). The Kier molecular flexibility index (Phi) is 4.52. The van der Waals surface area contributed by atoms with E-state index in [1.807, 2.05) is 6.92 Å². The molecule has 0 fully saturated rings. The first-order chi connectivity index (χ1) is 7.54. The van der Waals surface area contributed by atoms with Crippen LogP contribution in [0.2, 0.25) is 5.02 Å². The van der Waals surface area contributed by atoms with Gasteiger partial charge in [0.2, 0.25) is 0 Å². The van der Waals surface area contributed by atoms with Gasteiger partial charge in [0.05, 0.1) is 11.3 Å². The van der Waals surface area contributed by atoms with Gasteiger partial charge in [-0.3, -0.25) is 0 Å². The van der Waals surface area contributed by atoms with Crippen LogP contribution in [0, 0.1) is 0 Å². The molecule has 0 unspecified atom stereocenters. The van der Waals surface area contributed by atoms with Crippen LogP contribution in [0.3, 0.4) is 0 Å². The molecule has 0 saturated heterocycles. The summed E-state index contributed by atoms with van der Waals surface area (Å²) in [5.41, 5.74) is 0.510. The van der Waals surface area contributed by atoms with Gasteiger partial charge in [-0.25, -0.2) is 4.79 Å². The predicted octanol–water partition coefficient (Wildman–Crippen LogP) is 2.34. The summed E-state index contributed by atoms with van der Waals surface area (Å²) in [5, 5.41) is 15.4. The Labute approximate surface area is 104 Å². The summed E-state index contributed by atoms with van der Waals surface area (Å²) in [4.78, 5) is 11.0. The Morgan fingerprint density at radius 1 is 1.56 bits per heavy atom. The molecule has 3 N–H and O–H groups in total. The maximum Gasteiger partial charge on any atom is 0.337 e. The molecule has 0 atom stereocenters. The molecule has 0 spiro atoms. The molecular formula is C10H11ClN2O2S. The van der Waals surface area contributed by atoms with Crippen LogP contribution in [-0.2, 0) is 0 Å². The number of hydrogen-bond donors (Lipinski definition) is 3. The Hall–Kier alpha value is -1.33. The van der Waals surface area contributed by atoms with Crippen molar-refractivity contribution in [1.29, 1.82) is 0 Å². The highest BCUT2D eigenvalue weighted by atomic mass is 35.5. The van der Waals surface area contributed by atoms with E-state index in [0.29, 0.717) is 22.4 Å². The van der Waals surface area contributed by atoms with E-state index in [-0.39, 0.29) is 5.56 Å². The van der Waals surface area contributed by atoms with Gasteiger partial charge >= 0.3 is 5.97 Å². The maximum absolute atomic E-state index is 11.0. The van der Waals surface area contributed by atoms with Gasteiger partial charge in [0.15, 0.2) is 5.11 Å². The zero-order valence-electron chi connectivity index (χ0n) is 8.58. The summed E-state index contributed by atoms with van der Waals surface area (Å²) in [7, 11) is 0. The number of rotatable bonds is 3. The minimum Gasteiger partial charge on any atom is -0.478 e. The van der Waals surface area contributed by atoms with Crippen molar-refractivity contribution in [2.45, 2.75) is 6.92 Å². The predicted molar refractivity (Wildman–Crippen MR) is 68.3 cm³/mol. The van der Waals surface area contributed by atoms with Crippen molar-refractivity contribution < 1.29 is 9.90 Å². The molecule has 0 aromatic heterocycles. The summed E-state index contributed by atoms with van der Waals surface area (Å²) < 4.78 is 0. The fraction of sp³-hybridized carbons (Fsp3) is 0.200. The quantitative estimate of drug-likeness (QED) is 0.727. The summed E-state index contributed by atoms with van der Waals surface area (Å²) in [5.74, 6) is -1.05. The number of nitrogens with one attached hydrogen (secondary N) is 2. The van der Waals surface area contributed by atoms with E-state index in [2.05, 4.69) is 10.6 Å². The fourth-order valence-electron chi connectivity index (χ4n) is 1.13. The van der Waals surface area contributed by atoms with Crippen molar-refractivity contribution in [1.82, 2.24) is 5.32 Å². The topological polar surface area (TPSA) is 61.4 Å². The number of carboxylic acids is 1. The number of halogens is 1. The molecule has 1 aromatic rings. The van der Waals surface area contributed by atoms with Gasteiger partial charge < -0.3 is 15.7 Å². The van der Waals surface area contributed by atoms with E-state index in [1.54, 1.807) is 12.1 Å². The third-order valence-electron chi connectivity index (χ3n) is 1.80. The zero-order chi connectivity index (χ0) is 12.1. The lowest BCUT2D eigenvalue weighted by molar-refractivity contribution is 0.0698. The fourth-order valence-corrected chi connectivity index (χ4v) is 1.56. The van der Waals surface area contributed by atoms with Crippen molar-refractivity contribution in [2.24, 2.45) is 0 Å². The van der Waals surface area contributed by atoms with Gasteiger partial charge in [-0.05, 0) is 37.3 Å². The molecule has 4 nitrogen and oxygen atoms in total. The normalized spacial score (nSPS) is 9.62. The molecule has 0 saturated carbocycles. The van der Waals surface area contributed by atoms with Gasteiger partial charge in [-0.15, -0.1) is 0 Å². The highest BCUT2D eigenvalue weighted by Gasteiger charge is 2.11. The minimum absolute atomic E-state index is 0.0905. The van der Waals surface area contributed by atoms with Crippen LogP contribution in [-0.4, -0.2) is 22.7 Å². The number of aromatic carboxylic acids is 1. The van der Waals surface area contributed by atoms with Gasteiger partial charge in [-0.2, -0.15) is 0 Å². The van der Waals surface area contributed by atoms with Crippen molar-refractivity contribution >= 4 is 40.6 Å². The Balaban J connectivity index is 2.95. The molecule has 0 bridgehead atoms. The Morgan fingerprint density at radius 2 is 2.25 bits per heavy atom. The van der Waals surface area contributed by atoms with Crippen molar-refractivity contribution in [3.05, 3.63) is 28.8 Å². The molecule has 16 heavy (non-hydrogen) atoms. The monoisotopic (exact) mass is 258 g/mol. The Morgan fingerprint density at radius 3 is 2.81 bits per heavy atom. The van der Waals surface area contributed by atoms with Crippen LogP contribution in [0.15, 0.2) is 18.2 Å². The molecule has 0 amide bonds. The standard InChI is InChI=1S/C10H11ClN2O2S/c1-2-12-10(16)13-8-4-3-6(11)5-7(8)9(14)15/h3-5H,2H2,1H3,(H,14,15)(H2,12,13,16). The average Bonchev–Trinajstić information content (AvgIpc) is 2.20. The molecule has 0 radical (unpaired) electrons. The van der Waals surface area contributed by atoms with E-state index in [9.17, 15) is 4.79 Å². The second-order valence-corrected chi connectivity index (χ2v) is 3.82. The van der Waals surface area contributed by atoms with E-state index >= 15 is 0 Å². The number of benzene rings is 1. The smallest absolute Gasteiger partial charge is 0.337 e. The lowest BCUT2D eigenvalue weighted by Gasteiger charge is -2.11. The van der Waals surface area contributed by atoms with E-state index in [1.165, 1.54) is 6.07 Å². The van der Waals surface area contributed by atoms with Crippen molar-refractivity contribution in [3.63, 3.8) is 0 Å². The van der Waals surface area contributed by atoms with Crippen LogP contribution in [0.1, 0.15) is 17.3 Å². The molecule has 86 valence electrons. The van der Waals surface area contributed by atoms with Gasteiger partial charge in [0.1, 0.15) is 0 Å². The molecule has 0 heterocycles. The third-order valence-corrected chi connectivity index (χ3v) is 2.28. The van der Waals surface area contributed by atoms with Crippen LogP contribution in [0.4, 0.5) is 5.69 Å². The molecule has 0 aliphatic rings. The number of hydrogen-bond acceptors (Lipinski definition) is 2. The number of thiocarbonyl (C=S) groups is 1. The first-order valence-corrected chi connectivity index (χ1v) is 5.41. The van der Waals surface area contributed by atoms with Crippen LogP contribution >= 0.6 is 23.8 Å². The minimum atomic E-state index is -1.05. The highest BCUT2D eigenvalue weighted by molar-refractivity contribution is 7.80. The van der Waals surface area contributed by atoms with Crippen LogP contribution in [0.25, 0.3) is 0 Å². The zero-order valence-corrected chi connectivity index (χ0v) is 10.2. The lowest BCUT2D eigenvalue weighted by Crippen LogP contribution is -2.28. The number of carboxylic acid groups (broad SMARTS) is 1. The molecule has 6 heteroatoms. The van der Waals surface area contributed by atoms with Crippen LogP contribution in [0.5, 0.6) is 0 Å². The summed E-state index contributed by atoms with van der Waals surface area (Å²) in [6.07, 6.45) is 0. The first-order valence-electron chi connectivity index (χ1n) is 4.62. The van der Waals surface area contributed by atoms with Gasteiger partial charge in [-0.1, -0.05) is 11.6 Å². The molecule has 0 aliphatic heterocycles. The van der Waals surface area contributed by atoms with Crippen molar-refractivity contribution in [2.75, 3.05) is 11.9 Å².